The van der Waals surface area contributed by atoms with Crippen molar-refractivity contribution in [3.05, 3.63) is 22.4 Å². The van der Waals surface area contributed by atoms with Crippen LogP contribution in [0.2, 0.25) is 0 Å². The molecular weight excluding hydrogens is 236 g/mol. The Balaban J connectivity index is 1.70. The molecule has 2 amide bonds. The third kappa shape index (κ3) is 4.02. The van der Waals surface area contributed by atoms with Crippen molar-refractivity contribution in [3.8, 4) is 0 Å². The number of hydrogen-bond acceptors (Lipinski definition) is 3. The van der Waals surface area contributed by atoms with Crippen LogP contribution in [0.15, 0.2) is 17.5 Å². The molecule has 2 atom stereocenters. The first-order valence-corrected chi connectivity index (χ1v) is 6.87. The Morgan fingerprint density at radius 2 is 2.41 bits per heavy atom. The van der Waals surface area contributed by atoms with Gasteiger partial charge in [-0.3, -0.25) is 0 Å². The summed E-state index contributed by atoms with van der Waals surface area (Å²) in [5, 5.41) is 17.2. The van der Waals surface area contributed by atoms with E-state index in [1.54, 1.807) is 11.3 Å². The minimum Gasteiger partial charge on any atom is -0.393 e. The molecule has 0 radical (unpaired) electrons. The Bertz CT molecular complexity index is 353. The van der Waals surface area contributed by atoms with Crippen molar-refractivity contribution in [2.75, 3.05) is 0 Å². The fourth-order valence-electron chi connectivity index (χ4n) is 2.11. The van der Waals surface area contributed by atoms with Gasteiger partial charge in [0.25, 0.3) is 0 Å². The Morgan fingerprint density at radius 3 is 3.12 bits per heavy atom. The van der Waals surface area contributed by atoms with Gasteiger partial charge in [-0.25, -0.2) is 4.79 Å². The second-order valence-corrected chi connectivity index (χ2v) is 5.46. The molecule has 1 saturated carbocycles. The molecule has 5 heteroatoms. The highest BCUT2D eigenvalue weighted by Gasteiger charge is 2.21. The first kappa shape index (κ1) is 12.4. The van der Waals surface area contributed by atoms with Crippen LogP contribution in [0, 0.1) is 0 Å². The average molecular weight is 254 g/mol. The van der Waals surface area contributed by atoms with Crippen LogP contribution in [0.4, 0.5) is 4.79 Å². The van der Waals surface area contributed by atoms with Crippen LogP contribution >= 0.6 is 11.3 Å². The Labute approximate surface area is 105 Å². The van der Waals surface area contributed by atoms with Crippen LogP contribution in [0.25, 0.3) is 0 Å². The van der Waals surface area contributed by atoms with E-state index in [0.29, 0.717) is 13.0 Å². The number of carbonyl (C=O) groups is 1. The van der Waals surface area contributed by atoms with Gasteiger partial charge in [0.15, 0.2) is 0 Å². The van der Waals surface area contributed by atoms with Crippen molar-refractivity contribution in [2.24, 2.45) is 0 Å². The van der Waals surface area contributed by atoms with Crippen LogP contribution < -0.4 is 10.6 Å². The number of urea groups is 1. The topological polar surface area (TPSA) is 61.4 Å². The molecule has 0 aromatic carbocycles. The molecule has 4 nitrogen and oxygen atoms in total. The fraction of sp³-hybridized carbons (Fsp3) is 0.583. The van der Waals surface area contributed by atoms with Crippen LogP contribution in [-0.4, -0.2) is 23.3 Å². The molecule has 0 bridgehead atoms. The van der Waals surface area contributed by atoms with E-state index in [1.807, 2.05) is 17.5 Å². The van der Waals surface area contributed by atoms with Gasteiger partial charge in [0.2, 0.25) is 0 Å². The summed E-state index contributed by atoms with van der Waals surface area (Å²) in [6.45, 7) is 0.568. The Morgan fingerprint density at radius 1 is 1.53 bits per heavy atom. The maximum absolute atomic E-state index is 11.6. The number of rotatable bonds is 3. The summed E-state index contributed by atoms with van der Waals surface area (Å²) >= 11 is 1.63. The maximum Gasteiger partial charge on any atom is 0.315 e. The highest BCUT2D eigenvalue weighted by atomic mass is 32.1. The number of hydrogen-bond donors (Lipinski definition) is 3. The van der Waals surface area contributed by atoms with Gasteiger partial charge in [0.05, 0.1) is 12.6 Å². The molecule has 1 heterocycles. The first-order valence-electron chi connectivity index (χ1n) is 5.99. The second-order valence-electron chi connectivity index (χ2n) is 4.42. The van der Waals surface area contributed by atoms with E-state index in [-0.39, 0.29) is 18.2 Å². The van der Waals surface area contributed by atoms with Crippen LogP contribution in [0.1, 0.15) is 30.6 Å². The molecule has 1 fully saturated rings. The van der Waals surface area contributed by atoms with E-state index >= 15 is 0 Å². The molecule has 0 saturated heterocycles. The lowest BCUT2D eigenvalue weighted by molar-refractivity contribution is 0.113. The number of aliphatic hydroxyl groups is 1. The lowest BCUT2D eigenvalue weighted by atomic mass is 9.93. The molecule has 1 aromatic heterocycles. The number of carbonyl (C=O) groups excluding carboxylic acids is 1. The van der Waals surface area contributed by atoms with Crippen molar-refractivity contribution < 1.29 is 9.90 Å². The van der Waals surface area contributed by atoms with E-state index in [2.05, 4.69) is 10.6 Å². The highest BCUT2D eigenvalue weighted by Crippen LogP contribution is 2.18. The monoisotopic (exact) mass is 254 g/mol. The van der Waals surface area contributed by atoms with Crippen molar-refractivity contribution >= 4 is 17.4 Å². The van der Waals surface area contributed by atoms with Crippen molar-refractivity contribution in [1.82, 2.24) is 10.6 Å². The Hall–Kier alpha value is -1.07. The average Bonchev–Trinajstić information content (AvgIpc) is 2.79. The van der Waals surface area contributed by atoms with Crippen LogP contribution in [0.3, 0.4) is 0 Å². The second kappa shape index (κ2) is 6.02. The zero-order valence-electron chi connectivity index (χ0n) is 9.69. The SMILES string of the molecule is O=C(NCc1cccs1)NC1CCCC(O)C1. The summed E-state index contributed by atoms with van der Waals surface area (Å²) < 4.78 is 0. The largest absolute Gasteiger partial charge is 0.393 e. The summed E-state index contributed by atoms with van der Waals surface area (Å²) in [5.74, 6) is 0. The summed E-state index contributed by atoms with van der Waals surface area (Å²) in [5.41, 5.74) is 0. The molecule has 0 spiro atoms. The highest BCUT2D eigenvalue weighted by molar-refractivity contribution is 7.09. The summed E-state index contributed by atoms with van der Waals surface area (Å²) in [6, 6.07) is 3.94. The minimum absolute atomic E-state index is 0.113. The number of aliphatic hydroxyl groups excluding tert-OH is 1. The number of amides is 2. The normalized spacial score (nSPS) is 24.3. The fourth-order valence-corrected chi connectivity index (χ4v) is 2.76. The van der Waals surface area contributed by atoms with Gasteiger partial charge >= 0.3 is 6.03 Å². The van der Waals surface area contributed by atoms with Crippen LogP contribution in [0.5, 0.6) is 0 Å². The van der Waals surface area contributed by atoms with E-state index in [1.165, 1.54) is 0 Å². The molecule has 0 aliphatic heterocycles. The summed E-state index contributed by atoms with van der Waals surface area (Å²) in [4.78, 5) is 12.8. The van der Waals surface area contributed by atoms with Gasteiger partial charge in [0, 0.05) is 10.9 Å². The maximum atomic E-state index is 11.6. The van der Waals surface area contributed by atoms with Crippen molar-refractivity contribution in [2.45, 2.75) is 44.4 Å². The molecule has 1 aromatic rings. The number of nitrogens with one attached hydrogen (secondary N) is 2. The van der Waals surface area contributed by atoms with E-state index in [0.717, 1.165) is 24.1 Å². The summed E-state index contributed by atoms with van der Waals surface area (Å²) in [6.07, 6.45) is 3.22. The molecule has 2 rings (SSSR count). The molecular formula is C12H18N2O2S. The smallest absolute Gasteiger partial charge is 0.315 e. The van der Waals surface area contributed by atoms with E-state index in [4.69, 9.17) is 0 Å². The van der Waals surface area contributed by atoms with Gasteiger partial charge in [-0.05, 0) is 37.1 Å². The number of thiophene rings is 1. The third-order valence-corrected chi connectivity index (χ3v) is 3.86. The zero-order valence-corrected chi connectivity index (χ0v) is 10.5. The molecule has 1 aliphatic carbocycles. The molecule has 1 aliphatic rings. The predicted octanol–water partition coefficient (Wildman–Crippen LogP) is 1.85. The molecule has 3 N–H and O–H groups in total. The lowest BCUT2D eigenvalue weighted by Gasteiger charge is -2.26. The summed E-state index contributed by atoms with van der Waals surface area (Å²) in [7, 11) is 0. The van der Waals surface area contributed by atoms with Gasteiger partial charge < -0.3 is 15.7 Å². The Kier molecular flexibility index (Phi) is 4.39. The third-order valence-electron chi connectivity index (χ3n) is 2.99. The van der Waals surface area contributed by atoms with Crippen molar-refractivity contribution in [3.63, 3.8) is 0 Å². The van der Waals surface area contributed by atoms with Gasteiger partial charge in [-0.1, -0.05) is 6.07 Å². The van der Waals surface area contributed by atoms with Gasteiger partial charge in [0.1, 0.15) is 0 Å². The van der Waals surface area contributed by atoms with Crippen LogP contribution in [-0.2, 0) is 6.54 Å². The van der Waals surface area contributed by atoms with Gasteiger partial charge in [-0.2, -0.15) is 0 Å². The standard InChI is InChI=1S/C12H18N2O2S/c15-10-4-1-3-9(7-10)14-12(16)13-8-11-5-2-6-17-11/h2,5-6,9-10,15H,1,3-4,7-8H2,(H2,13,14,16). The molecule has 17 heavy (non-hydrogen) atoms. The van der Waals surface area contributed by atoms with E-state index < -0.39 is 0 Å². The lowest BCUT2D eigenvalue weighted by Crippen LogP contribution is -2.44. The van der Waals surface area contributed by atoms with Crippen molar-refractivity contribution in [1.29, 1.82) is 0 Å². The first-order chi connectivity index (χ1) is 8.24. The predicted molar refractivity (Wildman–Crippen MR) is 68.0 cm³/mol. The quantitative estimate of drug-likeness (QED) is 0.771. The van der Waals surface area contributed by atoms with Gasteiger partial charge in [-0.15, -0.1) is 11.3 Å². The molecule has 94 valence electrons. The molecule has 2 unspecified atom stereocenters. The zero-order chi connectivity index (χ0) is 12.1. The van der Waals surface area contributed by atoms with E-state index in [9.17, 15) is 9.90 Å². The minimum atomic E-state index is -0.258.